The molecule has 4 rings (SSSR count). The highest BCUT2D eigenvalue weighted by Gasteiger charge is 2.21. The first-order valence-electron chi connectivity index (χ1n) is 8.93. The summed E-state index contributed by atoms with van der Waals surface area (Å²) in [7, 11) is 0. The van der Waals surface area contributed by atoms with Gasteiger partial charge in [0.05, 0.1) is 18.2 Å². The number of nitrogens with zero attached hydrogens (tertiary/aromatic N) is 4. The molecule has 7 heteroatoms. The van der Waals surface area contributed by atoms with E-state index in [2.05, 4.69) is 21.5 Å². The highest BCUT2D eigenvalue weighted by Crippen LogP contribution is 2.26. The van der Waals surface area contributed by atoms with Crippen LogP contribution in [-0.4, -0.2) is 21.3 Å². The van der Waals surface area contributed by atoms with Crippen molar-refractivity contribution in [2.24, 2.45) is 0 Å². The summed E-state index contributed by atoms with van der Waals surface area (Å²) < 4.78 is 13.6. The van der Waals surface area contributed by atoms with Crippen LogP contribution in [0.15, 0.2) is 60.7 Å². The summed E-state index contributed by atoms with van der Waals surface area (Å²) in [5, 5.41) is 19.7. The van der Waals surface area contributed by atoms with Gasteiger partial charge in [0.25, 0.3) is 5.91 Å². The normalized spacial score (nSPS) is 10.7. The van der Waals surface area contributed by atoms with Crippen LogP contribution in [0, 0.1) is 24.1 Å². The Bertz CT molecular complexity index is 1260. The molecule has 0 saturated carbocycles. The number of benzene rings is 3. The number of amides is 1. The van der Waals surface area contributed by atoms with E-state index in [0.717, 1.165) is 5.56 Å². The molecule has 0 unspecified atom stereocenters. The number of rotatable bonds is 4. The highest BCUT2D eigenvalue weighted by molar-refractivity contribution is 6.07. The lowest BCUT2D eigenvalue weighted by molar-refractivity contribution is 0.0985. The Balaban J connectivity index is 1.78. The van der Waals surface area contributed by atoms with Gasteiger partial charge in [-0.1, -0.05) is 12.1 Å². The van der Waals surface area contributed by atoms with Crippen molar-refractivity contribution < 1.29 is 9.18 Å². The monoisotopic (exact) mass is 385 g/mol. The molecule has 0 fully saturated rings. The Kier molecular flexibility index (Phi) is 4.75. The number of carbonyl (C=O) groups excluding carboxylic acids is 1. The smallest absolute Gasteiger partial charge is 0.258 e. The number of carbonyl (C=O) groups is 1. The molecule has 1 N–H and O–H groups in total. The lowest BCUT2D eigenvalue weighted by Gasteiger charge is -2.25. The largest absolute Gasteiger partial charge is 0.304 e. The first kappa shape index (κ1) is 18.3. The Morgan fingerprint density at radius 2 is 1.93 bits per heavy atom. The van der Waals surface area contributed by atoms with E-state index < -0.39 is 0 Å². The van der Waals surface area contributed by atoms with Crippen LogP contribution >= 0.6 is 0 Å². The maximum absolute atomic E-state index is 13.6. The number of nitriles is 1. The standard InChI is InChI=1S/C22H16FN5O/c1-14-9-18(23)6-8-21(14)28(13-16-4-2-3-15(10-16)12-24)22(29)17-5-7-19-20(11-17)26-27-25-19/h2-11H,13H2,1H3,(H,25,26,27). The summed E-state index contributed by atoms with van der Waals surface area (Å²) in [6.45, 7) is 1.99. The van der Waals surface area contributed by atoms with Gasteiger partial charge in [0.1, 0.15) is 16.9 Å². The lowest BCUT2D eigenvalue weighted by Crippen LogP contribution is -2.31. The second-order valence-corrected chi connectivity index (χ2v) is 6.66. The number of nitrogens with one attached hydrogen (secondary N) is 1. The third-order valence-electron chi connectivity index (χ3n) is 4.65. The van der Waals surface area contributed by atoms with Gasteiger partial charge in [0.2, 0.25) is 0 Å². The number of aromatic amines is 1. The Hall–Kier alpha value is -4.05. The van der Waals surface area contributed by atoms with Crippen molar-refractivity contribution in [3.8, 4) is 6.07 Å². The third kappa shape index (κ3) is 3.69. The zero-order chi connectivity index (χ0) is 20.4. The predicted molar refractivity (Wildman–Crippen MR) is 107 cm³/mol. The SMILES string of the molecule is Cc1cc(F)ccc1N(Cc1cccc(C#N)c1)C(=O)c1ccc2n[nH]nc2c1. The fourth-order valence-corrected chi connectivity index (χ4v) is 3.24. The van der Waals surface area contributed by atoms with Crippen molar-refractivity contribution in [1.82, 2.24) is 15.4 Å². The van der Waals surface area contributed by atoms with Gasteiger partial charge in [-0.3, -0.25) is 4.79 Å². The third-order valence-corrected chi connectivity index (χ3v) is 4.65. The second kappa shape index (κ2) is 7.52. The van der Waals surface area contributed by atoms with E-state index in [0.29, 0.717) is 33.4 Å². The number of H-pyrrole nitrogens is 1. The van der Waals surface area contributed by atoms with Gasteiger partial charge in [0, 0.05) is 11.3 Å². The van der Waals surface area contributed by atoms with E-state index in [-0.39, 0.29) is 18.3 Å². The minimum Gasteiger partial charge on any atom is -0.304 e. The molecular formula is C22H16FN5O. The van der Waals surface area contributed by atoms with Crippen LogP contribution in [0.25, 0.3) is 11.0 Å². The van der Waals surface area contributed by atoms with Crippen molar-refractivity contribution >= 4 is 22.6 Å². The maximum Gasteiger partial charge on any atom is 0.258 e. The van der Waals surface area contributed by atoms with Crippen LogP contribution in [0.1, 0.15) is 27.0 Å². The van der Waals surface area contributed by atoms with Crippen LogP contribution in [0.5, 0.6) is 0 Å². The van der Waals surface area contributed by atoms with Gasteiger partial charge in [-0.15, -0.1) is 0 Å². The van der Waals surface area contributed by atoms with Crippen LogP contribution in [0.2, 0.25) is 0 Å². The minimum atomic E-state index is -0.367. The van der Waals surface area contributed by atoms with Gasteiger partial charge in [-0.05, 0) is 66.6 Å². The zero-order valence-electron chi connectivity index (χ0n) is 15.6. The Morgan fingerprint density at radius 3 is 2.72 bits per heavy atom. The van der Waals surface area contributed by atoms with E-state index in [1.54, 1.807) is 54.3 Å². The number of hydrogen-bond donors (Lipinski definition) is 1. The number of halogens is 1. The van der Waals surface area contributed by atoms with Crippen LogP contribution in [0.4, 0.5) is 10.1 Å². The fraction of sp³-hybridized carbons (Fsp3) is 0.0909. The molecule has 0 atom stereocenters. The first-order valence-corrected chi connectivity index (χ1v) is 8.93. The fourth-order valence-electron chi connectivity index (χ4n) is 3.24. The molecule has 4 aromatic rings. The number of hydrogen-bond acceptors (Lipinski definition) is 4. The van der Waals surface area contributed by atoms with Crippen LogP contribution in [0.3, 0.4) is 0 Å². The van der Waals surface area contributed by atoms with Gasteiger partial charge in [-0.25, -0.2) is 4.39 Å². The summed E-state index contributed by atoms with van der Waals surface area (Å²) in [6, 6.07) is 18.5. The predicted octanol–water partition coefficient (Wildman–Crippen LogP) is 4.12. The quantitative estimate of drug-likeness (QED) is 0.572. The molecule has 29 heavy (non-hydrogen) atoms. The van der Waals surface area contributed by atoms with E-state index in [1.807, 2.05) is 6.07 Å². The molecule has 1 heterocycles. The minimum absolute atomic E-state index is 0.234. The number of aromatic nitrogens is 3. The molecule has 6 nitrogen and oxygen atoms in total. The van der Waals surface area contributed by atoms with E-state index in [9.17, 15) is 9.18 Å². The van der Waals surface area contributed by atoms with Crippen LogP contribution in [-0.2, 0) is 6.54 Å². The summed E-state index contributed by atoms with van der Waals surface area (Å²) >= 11 is 0. The van der Waals surface area contributed by atoms with E-state index >= 15 is 0 Å². The van der Waals surface area contributed by atoms with E-state index in [1.165, 1.54) is 12.1 Å². The number of aryl methyl sites for hydroxylation is 1. The molecule has 0 saturated heterocycles. The Labute approximate surface area is 166 Å². The molecule has 0 aliphatic carbocycles. The van der Waals surface area contributed by atoms with Crippen molar-refractivity contribution in [3.05, 3.63) is 88.7 Å². The number of fused-ring (bicyclic) bond motifs is 1. The van der Waals surface area contributed by atoms with Crippen molar-refractivity contribution in [3.63, 3.8) is 0 Å². The topological polar surface area (TPSA) is 85.7 Å². The summed E-state index contributed by atoms with van der Waals surface area (Å²) in [5.41, 5.74) is 4.21. The molecule has 3 aromatic carbocycles. The lowest BCUT2D eigenvalue weighted by atomic mass is 10.1. The summed E-state index contributed by atoms with van der Waals surface area (Å²) in [5.74, 6) is -0.624. The molecule has 0 aliphatic rings. The second-order valence-electron chi connectivity index (χ2n) is 6.66. The molecule has 0 radical (unpaired) electrons. The molecule has 0 spiro atoms. The van der Waals surface area contributed by atoms with Crippen molar-refractivity contribution in [2.45, 2.75) is 13.5 Å². The molecule has 0 bridgehead atoms. The Morgan fingerprint density at radius 1 is 1.10 bits per heavy atom. The van der Waals surface area contributed by atoms with E-state index in [4.69, 9.17) is 5.26 Å². The maximum atomic E-state index is 13.6. The molecular weight excluding hydrogens is 369 g/mol. The average Bonchev–Trinajstić information content (AvgIpc) is 3.20. The summed E-state index contributed by atoms with van der Waals surface area (Å²) in [4.78, 5) is 15.0. The van der Waals surface area contributed by atoms with Gasteiger partial charge in [0.15, 0.2) is 0 Å². The highest BCUT2D eigenvalue weighted by atomic mass is 19.1. The van der Waals surface area contributed by atoms with Gasteiger partial charge in [-0.2, -0.15) is 20.7 Å². The number of anilines is 1. The van der Waals surface area contributed by atoms with Crippen molar-refractivity contribution in [2.75, 3.05) is 4.90 Å². The zero-order valence-corrected chi connectivity index (χ0v) is 15.6. The molecule has 1 aromatic heterocycles. The van der Waals surface area contributed by atoms with Crippen molar-refractivity contribution in [1.29, 1.82) is 5.26 Å². The van der Waals surface area contributed by atoms with Gasteiger partial charge >= 0.3 is 0 Å². The summed E-state index contributed by atoms with van der Waals surface area (Å²) in [6.07, 6.45) is 0. The molecule has 1 amide bonds. The van der Waals surface area contributed by atoms with Gasteiger partial charge < -0.3 is 4.90 Å². The molecule has 142 valence electrons. The molecule has 0 aliphatic heterocycles. The first-order chi connectivity index (χ1) is 14.0. The average molecular weight is 385 g/mol. The van der Waals surface area contributed by atoms with Crippen LogP contribution < -0.4 is 4.90 Å².